The number of fused-ring (bicyclic) bond motifs is 1. The van der Waals surface area contributed by atoms with E-state index in [9.17, 15) is 14.4 Å². The summed E-state index contributed by atoms with van der Waals surface area (Å²) in [5.41, 5.74) is 2.33. The number of hydrogen-bond acceptors (Lipinski definition) is 4. The predicted molar refractivity (Wildman–Crippen MR) is 116 cm³/mol. The van der Waals surface area contributed by atoms with Crippen molar-refractivity contribution in [2.45, 2.75) is 26.8 Å². The zero-order chi connectivity index (χ0) is 22.0. The monoisotopic (exact) mass is 414 g/mol. The molecule has 2 aliphatic rings. The lowest BCUT2D eigenvalue weighted by atomic mass is 9.87. The van der Waals surface area contributed by atoms with Crippen molar-refractivity contribution in [2.75, 3.05) is 46.8 Å². The Balaban J connectivity index is 1.76. The van der Waals surface area contributed by atoms with Gasteiger partial charge >= 0.3 is 0 Å². The van der Waals surface area contributed by atoms with E-state index in [1.165, 1.54) is 11.1 Å². The number of likely N-dealkylation sites (N-methyl/N-ethyl adjacent to an activating group) is 1. The highest BCUT2D eigenvalue weighted by Crippen LogP contribution is 2.45. The Labute approximate surface area is 179 Å². The standard InChI is InChI=1S/C23H34N4O3/c1-15(2)23(30)24-10-20(28)26-11-17-12-27(21(29)14-25(4)5)22(19(17)13-26)18-9-7-6-8-16(18)3/h6-9,15,17,19,22H,10-14H2,1-5H3,(H,24,30)/t17-,19-,22+/m1/s1. The van der Waals surface area contributed by atoms with Crippen molar-refractivity contribution in [1.29, 1.82) is 0 Å². The third-order valence-corrected chi connectivity index (χ3v) is 6.23. The highest BCUT2D eigenvalue weighted by molar-refractivity contribution is 5.85. The van der Waals surface area contributed by atoms with Crippen molar-refractivity contribution in [3.05, 3.63) is 35.4 Å². The number of nitrogens with zero attached hydrogens (tertiary/aromatic N) is 3. The molecule has 1 aromatic carbocycles. The van der Waals surface area contributed by atoms with Crippen LogP contribution in [0.15, 0.2) is 24.3 Å². The molecule has 3 rings (SSSR count). The topological polar surface area (TPSA) is 73.0 Å². The highest BCUT2D eigenvalue weighted by Gasteiger charge is 2.50. The molecule has 1 N–H and O–H groups in total. The number of carbonyl (C=O) groups is 3. The largest absolute Gasteiger partial charge is 0.347 e. The van der Waals surface area contributed by atoms with Gasteiger partial charge in [-0.25, -0.2) is 0 Å². The normalized spacial score (nSPS) is 23.2. The maximum absolute atomic E-state index is 13.0. The Kier molecular flexibility index (Phi) is 6.81. The van der Waals surface area contributed by atoms with Crippen LogP contribution in [0.5, 0.6) is 0 Å². The zero-order valence-electron chi connectivity index (χ0n) is 18.7. The van der Waals surface area contributed by atoms with Gasteiger partial charge in [-0.2, -0.15) is 0 Å². The molecule has 3 atom stereocenters. The molecule has 2 fully saturated rings. The van der Waals surface area contributed by atoms with Gasteiger partial charge in [-0.15, -0.1) is 0 Å². The average Bonchev–Trinajstić information content (AvgIpc) is 3.24. The molecule has 30 heavy (non-hydrogen) atoms. The van der Waals surface area contributed by atoms with Crippen molar-refractivity contribution in [2.24, 2.45) is 17.8 Å². The number of amides is 3. The van der Waals surface area contributed by atoms with Gasteiger partial charge in [-0.05, 0) is 32.1 Å². The minimum absolute atomic E-state index is 0.0216. The van der Waals surface area contributed by atoms with Crippen molar-refractivity contribution < 1.29 is 14.4 Å². The smallest absolute Gasteiger partial charge is 0.241 e. The first-order chi connectivity index (χ1) is 14.2. The SMILES string of the molecule is Cc1ccccc1[C@H]1[C@@H]2CN(C(=O)CNC(=O)C(C)C)C[C@@H]2CN1C(=O)CN(C)C. The van der Waals surface area contributed by atoms with Crippen LogP contribution >= 0.6 is 0 Å². The number of carbonyl (C=O) groups excluding carboxylic acids is 3. The lowest BCUT2D eigenvalue weighted by Gasteiger charge is -2.31. The van der Waals surface area contributed by atoms with Crippen LogP contribution in [0.1, 0.15) is 31.0 Å². The van der Waals surface area contributed by atoms with Gasteiger partial charge in [0.1, 0.15) is 0 Å². The Bertz CT molecular complexity index is 807. The summed E-state index contributed by atoms with van der Waals surface area (Å²) in [4.78, 5) is 43.3. The van der Waals surface area contributed by atoms with Gasteiger partial charge < -0.3 is 20.0 Å². The van der Waals surface area contributed by atoms with Crippen LogP contribution in [0, 0.1) is 24.7 Å². The lowest BCUT2D eigenvalue weighted by Crippen LogP contribution is -2.43. The van der Waals surface area contributed by atoms with E-state index in [-0.39, 0.29) is 48.1 Å². The van der Waals surface area contributed by atoms with Gasteiger partial charge in [-0.3, -0.25) is 14.4 Å². The molecule has 0 saturated carbocycles. The van der Waals surface area contributed by atoms with Crippen LogP contribution in [0.4, 0.5) is 0 Å². The molecule has 7 heteroatoms. The number of nitrogens with one attached hydrogen (secondary N) is 1. The summed E-state index contributed by atoms with van der Waals surface area (Å²) in [5.74, 6) is 0.295. The number of aryl methyl sites for hydroxylation is 1. The molecular formula is C23H34N4O3. The van der Waals surface area contributed by atoms with Gasteiger partial charge in [0.25, 0.3) is 0 Å². The summed E-state index contributed by atoms with van der Waals surface area (Å²) < 4.78 is 0. The molecule has 164 valence electrons. The third kappa shape index (κ3) is 4.67. The van der Waals surface area contributed by atoms with E-state index in [2.05, 4.69) is 24.4 Å². The number of hydrogen-bond donors (Lipinski definition) is 1. The molecule has 0 bridgehead atoms. The molecule has 2 heterocycles. The first-order valence-electron chi connectivity index (χ1n) is 10.7. The molecule has 0 aromatic heterocycles. The molecule has 1 aromatic rings. The first-order valence-corrected chi connectivity index (χ1v) is 10.7. The molecule has 3 amide bonds. The fourth-order valence-electron chi connectivity index (χ4n) is 4.66. The molecule has 0 radical (unpaired) electrons. The fraction of sp³-hybridized carbons (Fsp3) is 0.609. The van der Waals surface area contributed by atoms with E-state index in [1.54, 1.807) is 0 Å². The molecular weight excluding hydrogens is 380 g/mol. The molecule has 7 nitrogen and oxygen atoms in total. The molecule has 0 spiro atoms. The second-order valence-electron chi connectivity index (χ2n) is 9.18. The number of benzene rings is 1. The van der Waals surface area contributed by atoms with E-state index in [0.717, 1.165) is 0 Å². The van der Waals surface area contributed by atoms with Crippen molar-refractivity contribution in [3.63, 3.8) is 0 Å². The Morgan fingerprint density at radius 1 is 1.10 bits per heavy atom. The van der Waals surface area contributed by atoms with E-state index < -0.39 is 0 Å². The van der Waals surface area contributed by atoms with Gasteiger partial charge in [-0.1, -0.05) is 38.1 Å². The average molecular weight is 415 g/mol. The molecule has 2 aliphatic heterocycles. The maximum Gasteiger partial charge on any atom is 0.241 e. The zero-order valence-corrected chi connectivity index (χ0v) is 18.7. The summed E-state index contributed by atoms with van der Waals surface area (Å²) >= 11 is 0. The van der Waals surface area contributed by atoms with Crippen molar-refractivity contribution >= 4 is 17.7 Å². The molecule has 0 aliphatic carbocycles. The quantitative estimate of drug-likeness (QED) is 0.761. The van der Waals surface area contributed by atoms with Crippen molar-refractivity contribution in [1.82, 2.24) is 20.0 Å². The van der Waals surface area contributed by atoms with Crippen LogP contribution < -0.4 is 5.32 Å². The predicted octanol–water partition coefficient (Wildman–Crippen LogP) is 1.29. The van der Waals surface area contributed by atoms with Crippen molar-refractivity contribution in [3.8, 4) is 0 Å². The van der Waals surface area contributed by atoms with E-state index in [4.69, 9.17) is 0 Å². The van der Waals surface area contributed by atoms with Crippen LogP contribution in [-0.2, 0) is 14.4 Å². The Morgan fingerprint density at radius 3 is 2.43 bits per heavy atom. The second kappa shape index (κ2) is 9.16. The third-order valence-electron chi connectivity index (χ3n) is 6.23. The van der Waals surface area contributed by atoms with Crippen LogP contribution in [0.25, 0.3) is 0 Å². The van der Waals surface area contributed by atoms with Crippen LogP contribution in [0.3, 0.4) is 0 Å². The molecule has 0 unspecified atom stereocenters. The highest BCUT2D eigenvalue weighted by atomic mass is 16.2. The second-order valence-corrected chi connectivity index (χ2v) is 9.18. The van der Waals surface area contributed by atoms with E-state index >= 15 is 0 Å². The van der Waals surface area contributed by atoms with Gasteiger partial charge in [0.2, 0.25) is 17.7 Å². The van der Waals surface area contributed by atoms with Crippen LogP contribution in [0.2, 0.25) is 0 Å². The Morgan fingerprint density at radius 2 is 1.80 bits per heavy atom. The number of rotatable bonds is 6. The maximum atomic E-state index is 13.0. The summed E-state index contributed by atoms with van der Waals surface area (Å²) in [7, 11) is 3.81. The van der Waals surface area contributed by atoms with Crippen LogP contribution in [-0.4, -0.2) is 79.2 Å². The van der Waals surface area contributed by atoms with Gasteiger partial charge in [0.15, 0.2) is 0 Å². The summed E-state index contributed by atoms with van der Waals surface area (Å²) in [6, 6.07) is 8.19. The number of likely N-dealkylation sites (tertiary alicyclic amines) is 2. The summed E-state index contributed by atoms with van der Waals surface area (Å²) in [6.07, 6.45) is 0. The minimum Gasteiger partial charge on any atom is -0.347 e. The first kappa shape index (κ1) is 22.3. The minimum atomic E-state index is -0.141. The van der Waals surface area contributed by atoms with E-state index in [0.29, 0.717) is 26.2 Å². The Hall–Kier alpha value is -2.41. The van der Waals surface area contributed by atoms with Gasteiger partial charge in [0.05, 0.1) is 19.1 Å². The fourth-order valence-corrected chi connectivity index (χ4v) is 4.66. The summed E-state index contributed by atoms with van der Waals surface area (Å²) in [5, 5.41) is 2.72. The molecule has 2 saturated heterocycles. The van der Waals surface area contributed by atoms with Gasteiger partial charge in [0, 0.05) is 37.4 Å². The van der Waals surface area contributed by atoms with E-state index in [1.807, 2.05) is 54.8 Å². The summed E-state index contributed by atoms with van der Waals surface area (Å²) in [6.45, 7) is 8.04. The lowest BCUT2D eigenvalue weighted by molar-refractivity contribution is -0.134.